The quantitative estimate of drug-likeness (QED) is 0.191. The third-order valence-electron chi connectivity index (χ3n) is 9.51. The van der Waals surface area contributed by atoms with Crippen LogP contribution in [0.5, 0.6) is 23.0 Å². The van der Waals surface area contributed by atoms with Gasteiger partial charge in [0.2, 0.25) is 0 Å². The molecule has 0 saturated carbocycles. The topological polar surface area (TPSA) is 120 Å². The molecular weight excluding hydrogens is 645 g/mol. The summed E-state index contributed by atoms with van der Waals surface area (Å²) in [6, 6.07) is 6.98. The van der Waals surface area contributed by atoms with Crippen molar-refractivity contribution in [2.45, 2.75) is 67.1 Å². The number of methoxy groups -OCH3 is 4. The third kappa shape index (κ3) is 6.74. The molecule has 256 valence electrons. The standard InChI is InChI=1S/C33H44N4O8S2/c1-40-18-10-24-30(46)34-22-14-28(26(42-3)12-20(22)32(38)36(24)16-18)44-8-6-5-7-9-45-29-15-23-21(13-27(29)43-4)33(39)37-17-19(41-2)11-25(37)31(47)35-23/h12-15,18-19,24-25,30-31,34-35,46-47H,5-11,16-17H2,1-4H3/t18?,19?,24-,25-,30-,31-/m0/s1. The Morgan fingerprint density at radius 2 is 1.09 bits per heavy atom. The summed E-state index contributed by atoms with van der Waals surface area (Å²) in [5.41, 5.74) is 2.42. The number of carbonyl (C=O) groups excluding carboxylic acids is 2. The summed E-state index contributed by atoms with van der Waals surface area (Å²) in [5, 5.41) is 6.31. The second-order valence-electron chi connectivity index (χ2n) is 12.3. The Morgan fingerprint density at radius 3 is 1.47 bits per heavy atom. The molecule has 2 fully saturated rings. The van der Waals surface area contributed by atoms with Crippen molar-refractivity contribution in [2.75, 3.05) is 65.4 Å². The summed E-state index contributed by atoms with van der Waals surface area (Å²) >= 11 is 9.53. The number of fused-ring (bicyclic) bond motifs is 4. The lowest BCUT2D eigenvalue weighted by molar-refractivity contribution is 0.0690. The molecule has 2 unspecified atom stereocenters. The number of nitrogens with zero attached hydrogens (tertiary/aromatic N) is 2. The Labute approximate surface area is 286 Å². The molecule has 0 aromatic heterocycles. The molecule has 0 bridgehead atoms. The lowest BCUT2D eigenvalue weighted by Gasteiger charge is -2.25. The Balaban J connectivity index is 1.02. The molecule has 2 saturated heterocycles. The number of amides is 2. The normalized spacial score (nSPS) is 26.3. The Hall–Kier alpha value is -3.20. The van der Waals surface area contributed by atoms with Crippen LogP contribution in [0, 0.1) is 0 Å². The number of hydrogen-bond acceptors (Lipinski definition) is 12. The molecule has 6 atom stereocenters. The van der Waals surface area contributed by atoms with E-state index in [9.17, 15) is 9.59 Å². The molecule has 47 heavy (non-hydrogen) atoms. The molecule has 6 rings (SSSR count). The van der Waals surface area contributed by atoms with E-state index < -0.39 is 0 Å². The SMILES string of the molecule is COc1cc2c(cc1OCCCCCOc1cc3c(cc1OC)C(=O)N1CC(OC)C[C@H]1[C@H](S)N3)N[C@@H](S)[C@@H]1CC(OC)CN1C2=O. The molecule has 0 aliphatic carbocycles. The van der Waals surface area contributed by atoms with Gasteiger partial charge in [0.05, 0.1) is 85.0 Å². The van der Waals surface area contributed by atoms with Crippen LogP contribution in [0.25, 0.3) is 0 Å². The van der Waals surface area contributed by atoms with Gasteiger partial charge >= 0.3 is 0 Å². The highest BCUT2D eigenvalue weighted by atomic mass is 32.1. The predicted molar refractivity (Wildman–Crippen MR) is 184 cm³/mol. The molecule has 14 heteroatoms. The number of carbonyl (C=O) groups is 2. The smallest absolute Gasteiger partial charge is 0.256 e. The lowest BCUT2D eigenvalue weighted by Crippen LogP contribution is -2.40. The van der Waals surface area contributed by atoms with Crippen molar-refractivity contribution in [3.63, 3.8) is 0 Å². The number of unbranched alkanes of at least 4 members (excludes halogenated alkanes) is 2. The van der Waals surface area contributed by atoms with Crippen LogP contribution in [-0.4, -0.2) is 111 Å². The highest BCUT2D eigenvalue weighted by Crippen LogP contribution is 2.41. The summed E-state index contributed by atoms with van der Waals surface area (Å²) in [4.78, 5) is 30.5. The predicted octanol–water partition coefficient (Wildman–Crippen LogP) is 4.15. The maximum Gasteiger partial charge on any atom is 0.256 e. The maximum atomic E-state index is 13.4. The Morgan fingerprint density at radius 1 is 0.660 bits per heavy atom. The van der Waals surface area contributed by atoms with E-state index in [1.165, 1.54) is 0 Å². The van der Waals surface area contributed by atoms with E-state index in [0.29, 0.717) is 71.8 Å². The molecule has 2 aromatic rings. The molecule has 4 aliphatic rings. The Bertz CT molecular complexity index is 1370. The van der Waals surface area contributed by atoms with Crippen LogP contribution in [0.15, 0.2) is 24.3 Å². The molecule has 0 spiro atoms. The number of ether oxygens (including phenoxy) is 6. The fraction of sp³-hybridized carbons (Fsp3) is 0.576. The van der Waals surface area contributed by atoms with Crippen molar-refractivity contribution >= 4 is 48.4 Å². The van der Waals surface area contributed by atoms with Gasteiger partial charge in [-0.25, -0.2) is 0 Å². The summed E-state index contributed by atoms with van der Waals surface area (Å²) < 4.78 is 34.5. The van der Waals surface area contributed by atoms with Gasteiger partial charge in [0.15, 0.2) is 23.0 Å². The second-order valence-corrected chi connectivity index (χ2v) is 13.4. The number of anilines is 2. The highest BCUT2D eigenvalue weighted by Gasteiger charge is 2.44. The van der Waals surface area contributed by atoms with Gasteiger partial charge in [-0.2, -0.15) is 25.3 Å². The summed E-state index contributed by atoms with van der Waals surface area (Å²) in [7, 11) is 6.48. The van der Waals surface area contributed by atoms with Gasteiger partial charge in [0, 0.05) is 39.4 Å². The van der Waals surface area contributed by atoms with E-state index in [4.69, 9.17) is 53.7 Å². The van der Waals surface area contributed by atoms with E-state index in [0.717, 1.165) is 32.1 Å². The average Bonchev–Trinajstić information content (AvgIpc) is 3.69. The molecule has 4 aliphatic heterocycles. The number of benzene rings is 2. The number of rotatable bonds is 12. The minimum Gasteiger partial charge on any atom is -0.493 e. The summed E-state index contributed by atoms with van der Waals surface area (Å²) in [5.74, 6) is 2.00. The molecular formula is C33H44N4O8S2. The van der Waals surface area contributed by atoms with Crippen molar-refractivity contribution in [3.05, 3.63) is 35.4 Å². The first-order valence-electron chi connectivity index (χ1n) is 16.0. The van der Waals surface area contributed by atoms with Crippen molar-refractivity contribution in [3.8, 4) is 23.0 Å². The van der Waals surface area contributed by atoms with Crippen LogP contribution in [0.4, 0.5) is 11.4 Å². The van der Waals surface area contributed by atoms with Crippen molar-refractivity contribution in [1.82, 2.24) is 9.80 Å². The first-order valence-corrected chi connectivity index (χ1v) is 17.1. The molecule has 2 aromatic carbocycles. The van der Waals surface area contributed by atoms with Gasteiger partial charge in [-0.1, -0.05) is 0 Å². The molecule has 2 N–H and O–H groups in total. The van der Waals surface area contributed by atoms with Gasteiger partial charge in [-0.05, 0) is 44.2 Å². The fourth-order valence-electron chi connectivity index (χ4n) is 6.88. The monoisotopic (exact) mass is 688 g/mol. The van der Waals surface area contributed by atoms with E-state index in [-0.39, 0.29) is 46.9 Å². The molecule has 4 heterocycles. The number of hydrogen-bond donors (Lipinski definition) is 4. The van der Waals surface area contributed by atoms with Crippen LogP contribution >= 0.6 is 25.3 Å². The largest absolute Gasteiger partial charge is 0.493 e. The first-order chi connectivity index (χ1) is 22.8. The van der Waals surface area contributed by atoms with Gasteiger partial charge in [0.1, 0.15) is 0 Å². The van der Waals surface area contributed by atoms with Gasteiger partial charge in [0.25, 0.3) is 11.8 Å². The van der Waals surface area contributed by atoms with Gasteiger partial charge in [-0.3, -0.25) is 9.59 Å². The molecule has 0 radical (unpaired) electrons. The minimum absolute atomic E-state index is 0.00630. The minimum atomic E-state index is -0.239. The van der Waals surface area contributed by atoms with E-state index >= 15 is 0 Å². The third-order valence-corrected chi connectivity index (χ3v) is 10.5. The summed E-state index contributed by atoms with van der Waals surface area (Å²) in [6.07, 6.45) is 3.88. The number of nitrogens with one attached hydrogen (secondary N) is 2. The van der Waals surface area contributed by atoms with Crippen LogP contribution < -0.4 is 29.6 Å². The fourth-order valence-corrected chi connectivity index (χ4v) is 7.73. The maximum absolute atomic E-state index is 13.4. The van der Waals surface area contributed by atoms with Crippen molar-refractivity contribution in [1.29, 1.82) is 0 Å². The second kappa shape index (κ2) is 14.5. The lowest BCUT2D eigenvalue weighted by atomic mass is 10.1. The van der Waals surface area contributed by atoms with E-state index in [1.807, 2.05) is 21.9 Å². The van der Waals surface area contributed by atoms with E-state index in [1.54, 1.807) is 40.6 Å². The average molecular weight is 689 g/mol. The van der Waals surface area contributed by atoms with Crippen LogP contribution in [-0.2, 0) is 9.47 Å². The highest BCUT2D eigenvalue weighted by molar-refractivity contribution is 7.81. The van der Waals surface area contributed by atoms with Gasteiger partial charge < -0.3 is 48.9 Å². The van der Waals surface area contributed by atoms with Crippen LogP contribution in [0.1, 0.15) is 52.8 Å². The van der Waals surface area contributed by atoms with Crippen molar-refractivity contribution in [2.24, 2.45) is 0 Å². The van der Waals surface area contributed by atoms with Crippen LogP contribution in [0.3, 0.4) is 0 Å². The van der Waals surface area contributed by atoms with Gasteiger partial charge in [-0.15, -0.1) is 0 Å². The zero-order valence-corrected chi connectivity index (χ0v) is 29.0. The van der Waals surface area contributed by atoms with E-state index in [2.05, 4.69) is 10.6 Å². The zero-order valence-electron chi connectivity index (χ0n) is 27.2. The summed E-state index contributed by atoms with van der Waals surface area (Å²) in [6.45, 7) is 2.00. The zero-order chi connectivity index (χ0) is 33.2. The number of thiol groups is 2. The molecule has 2 amide bonds. The first kappa shape index (κ1) is 33.7. The Kier molecular flexibility index (Phi) is 10.4. The van der Waals surface area contributed by atoms with Crippen molar-refractivity contribution < 1.29 is 38.0 Å². The van der Waals surface area contributed by atoms with Crippen LogP contribution in [0.2, 0.25) is 0 Å². The molecule has 12 nitrogen and oxygen atoms in total.